The summed E-state index contributed by atoms with van der Waals surface area (Å²) in [4.78, 5) is 12.6. The molecule has 0 saturated carbocycles. The summed E-state index contributed by atoms with van der Waals surface area (Å²) in [5, 5.41) is 2.70. The van der Waals surface area contributed by atoms with E-state index in [4.69, 9.17) is 4.74 Å². The predicted octanol–water partition coefficient (Wildman–Crippen LogP) is 4.05. The summed E-state index contributed by atoms with van der Waals surface area (Å²) in [7, 11) is -3.85. The average molecular weight is 443 g/mol. The van der Waals surface area contributed by atoms with Gasteiger partial charge in [0, 0.05) is 11.3 Å². The van der Waals surface area contributed by atoms with Gasteiger partial charge in [-0.25, -0.2) is 12.8 Å². The topological polar surface area (TPSA) is 84.5 Å². The van der Waals surface area contributed by atoms with Gasteiger partial charge in [0.1, 0.15) is 18.2 Å². The van der Waals surface area contributed by atoms with E-state index in [-0.39, 0.29) is 29.4 Å². The highest BCUT2D eigenvalue weighted by molar-refractivity contribution is 7.92. The molecule has 6 nitrogen and oxygen atoms in total. The van der Waals surface area contributed by atoms with Gasteiger partial charge in [-0.1, -0.05) is 23.8 Å². The molecule has 0 aliphatic carbocycles. The third-order valence-corrected chi connectivity index (χ3v) is 5.92. The van der Waals surface area contributed by atoms with Crippen molar-refractivity contribution in [2.75, 3.05) is 17.9 Å². The number of hydrogen-bond donors (Lipinski definition) is 2. The summed E-state index contributed by atoms with van der Waals surface area (Å²) in [6.45, 7) is 4.03. The molecule has 0 spiro atoms. The number of anilines is 1. The fraction of sp³-hybridized carbons (Fsp3) is 0.174. The molecule has 0 unspecified atom stereocenters. The molecular formula is C23H23FN2O4S. The monoisotopic (exact) mass is 442 g/mol. The third kappa shape index (κ3) is 6.05. The van der Waals surface area contributed by atoms with Crippen molar-refractivity contribution in [2.24, 2.45) is 0 Å². The standard InChI is InChI=1S/C23H23FN2O4S/c1-16-3-8-19(9-4-16)26-31(28,29)21-12-5-17(2)22(15-21)23(27)25-13-14-30-20-10-6-18(24)7-11-20/h3-12,15,26H,13-14H2,1-2H3,(H,25,27). The van der Waals surface area contributed by atoms with Gasteiger partial charge < -0.3 is 10.1 Å². The first-order chi connectivity index (χ1) is 14.7. The van der Waals surface area contributed by atoms with E-state index in [1.54, 1.807) is 37.3 Å². The second kappa shape index (κ2) is 9.61. The number of halogens is 1. The molecule has 0 heterocycles. The van der Waals surface area contributed by atoms with E-state index in [0.29, 0.717) is 17.0 Å². The SMILES string of the molecule is Cc1ccc(NS(=O)(=O)c2ccc(C)c(C(=O)NCCOc3ccc(F)cc3)c2)cc1. The van der Waals surface area contributed by atoms with Crippen molar-refractivity contribution in [2.45, 2.75) is 18.7 Å². The molecule has 0 bridgehead atoms. The molecule has 0 fully saturated rings. The molecule has 2 N–H and O–H groups in total. The van der Waals surface area contributed by atoms with E-state index in [1.165, 1.54) is 36.4 Å². The third-order valence-electron chi connectivity index (χ3n) is 4.54. The Bertz CT molecular complexity index is 1160. The molecule has 3 aromatic carbocycles. The maximum atomic E-state index is 12.9. The van der Waals surface area contributed by atoms with Gasteiger partial charge in [0.25, 0.3) is 15.9 Å². The molecule has 0 atom stereocenters. The molecule has 0 saturated heterocycles. The molecule has 31 heavy (non-hydrogen) atoms. The second-order valence-corrected chi connectivity index (χ2v) is 8.69. The maximum Gasteiger partial charge on any atom is 0.261 e. The van der Waals surface area contributed by atoms with Gasteiger partial charge in [-0.05, 0) is 67.9 Å². The Labute approximate surface area is 181 Å². The van der Waals surface area contributed by atoms with Crippen molar-refractivity contribution >= 4 is 21.6 Å². The normalized spacial score (nSPS) is 11.1. The number of benzene rings is 3. The van der Waals surface area contributed by atoms with Crippen LogP contribution in [0.15, 0.2) is 71.6 Å². The van der Waals surface area contributed by atoms with Gasteiger partial charge in [-0.3, -0.25) is 9.52 Å². The molecule has 0 radical (unpaired) electrons. The molecule has 162 valence electrons. The highest BCUT2D eigenvalue weighted by Crippen LogP contribution is 2.20. The minimum atomic E-state index is -3.85. The van der Waals surface area contributed by atoms with Crippen molar-refractivity contribution in [3.8, 4) is 5.75 Å². The van der Waals surface area contributed by atoms with Crippen LogP contribution in [-0.4, -0.2) is 27.5 Å². The van der Waals surface area contributed by atoms with Gasteiger partial charge in [0.2, 0.25) is 0 Å². The summed E-state index contributed by atoms with van der Waals surface area (Å²) in [5.74, 6) is -0.280. The summed E-state index contributed by atoms with van der Waals surface area (Å²) in [6, 6.07) is 16.9. The van der Waals surface area contributed by atoms with Crippen molar-refractivity contribution < 1.29 is 22.3 Å². The van der Waals surface area contributed by atoms with E-state index < -0.39 is 15.9 Å². The van der Waals surface area contributed by atoms with E-state index in [2.05, 4.69) is 10.0 Å². The first kappa shape index (κ1) is 22.3. The zero-order valence-electron chi connectivity index (χ0n) is 17.2. The van der Waals surface area contributed by atoms with Crippen LogP contribution in [0.3, 0.4) is 0 Å². The quantitative estimate of drug-likeness (QED) is 0.516. The van der Waals surface area contributed by atoms with Crippen LogP contribution in [-0.2, 0) is 10.0 Å². The van der Waals surface area contributed by atoms with Crippen molar-refractivity contribution in [3.05, 3.63) is 89.2 Å². The van der Waals surface area contributed by atoms with Gasteiger partial charge in [0.05, 0.1) is 11.4 Å². The Morgan fingerprint density at radius 1 is 0.968 bits per heavy atom. The molecule has 0 aliphatic heterocycles. The van der Waals surface area contributed by atoms with Crippen LogP contribution < -0.4 is 14.8 Å². The van der Waals surface area contributed by atoms with Crippen LogP contribution in [0, 0.1) is 19.7 Å². The van der Waals surface area contributed by atoms with Crippen LogP contribution in [0.4, 0.5) is 10.1 Å². The van der Waals surface area contributed by atoms with E-state index in [1.807, 2.05) is 6.92 Å². The minimum absolute atomic E-state index is 0.00797. The second-order valence-electron chi connectivity index (χ2n) is 7.01. The van der Waals surface area contributed by atoms with Gasteiger partial charge >= 0.3 is 0 Å². The number of amides is 1. The number of aryl methyl sites for hydroxylation is 2. The first-order valence-corrected chi connectivity index (χ1v) is 11.1. The Morgan fingerprint density at radius 3 is 2.32 bits per heavy atom. The average Bonchev–Trinajstić information content (AvgIpc) is 2.74. The lowest BCUT2D eigenvalue weighted by atomic mass is 10.1. The van der Waals surface area contributed by atoms with Gasteiger partial charge in [-0.15, -0.1) is 0 Å². The summed E-state index contributed by atoms with van der Waals surface area (Å²) < 4.78 is 46.3. The van der Waals surface area contributed by atoms with Crippen molar-refractivity contribution in [3.63, 3.8) is 0 Å². The number of carbonyl (C=O) groups excluding carboxylic acids is 1. The molecule has 0 aliphatic rings. The van der Waals surface area contributed by atoms with E-state index in [0.717, 1.165) is 5.56 Å². The van der Waals surface area contributed by atoms with Gasteiger partial charge in [0.15, 0.2) is 0 Å². The molecule has 0 aromatic heterocycles. The lowest BCUT2D eigenvalue weighted by Gasteiger charge is -2.12. The number of ether oxygens (including phenoxy) is 1. The van der Waals surface area contributed by atoms with Crippen molar-refractivity contribution in [1.29, 1.82) is 0 Å². The van der Waals surface area contributed by atoms with E-state index in [9.17, 15) is 17.6 Å². The number of nitrogens with one attached hydrogen (secondary N) is 2. The molecule has 3 rings (SSSR count). The Kier molecular flexibility index (Phi) is 6.91. The Morgan fingerprint density at radius 2 is 1.65 bits per heavy atom. The molecule has 3 aromatic rings. The van der Waals surface area contributed by atoms with Crippen LogP contribution in [0.25, 0.3) is 0 Å². The summed E-state index contributed by atoms with van der Waals surface area (Å²) in [6.07, 6.45) is 0. The Hall–Kier alpha value is -3.39. The van der Waals surface area contributed by atoms with Crippen molar-refractivity contribution in [1.82, 2.24) is 5.32 Å². The molecule has 8 heteroatoms. The first-order valence-electron chi connectivity index (χ1n) is 9.61. The number of sulfonamides is 1. The summed E-state index contributed by atoms with van der Waals surface area (Å²) in [5.41, 5.74) is 2.36. The molecule has 1 amide bonds. The zero-order valence-corrected chi connectivity index (χ0v) is 18.0. The fourth-order valence-corrected chi connectivity index (χ4v) is 3.89. The van der Waals surface area contributed by atoms with Crippen LogP contribution in [0.2, 0.25) is 0 Å². The highest BCUT2D eigenvalue weighted by Gasteiger charge is 2.18. The largest absolute Gasteiger partial charge is 0.492 e. The smallest absolute Gasteiger partial charge is 0.261 e. The van der Waals surface area contributed by atoms with Crippen LogP contribution in [0.1, 0.15) is 21.5 Å². The highest BCUT2D eigenvalue weighted by atomic mass is 32.2. The maximum absolute atomic E-state index is 12.9. The molecular weight excluding hydrogens is 419 g/mol. The number of hydrogen-bond acceptors (Lipinski definition) is 4. The predicted molar refractivity (Wildman–Crippen MR) is 117 cm³/mol. The lowest BCUT2D eigenvalue weighted by Crippen LogP contribution is -2.29. The van der Waals surface area contributed by atoms with Gasteiger partial charge in [-0.2, -0.15) is 0 Å². The lowest BCUT2D eigenvalue weighted by molar-refractivity contribution is 0.0946. The Balaban J connectivity index is 1.64. The van der Waals surface area contributed by atoms with Crippen LogP contribution >= 0.6 is 0 Å². The number of carbonyl (C=O) groups is 1. The van der Waals surface area contributed by atoms with E-state index >= 15 is 0 Å². The number of rotatable bonds is 8. The van der Waals surface area contributed by atoms with Crippen LogP contribution in [0.5, 0.6) is 5.75 Å². The minimum Gasteiger partial charge on any atom is -0.492 e. The zero-order chi connectivity index (χ0) is 22.4. The summed E-state index contributed by atoms with van der Waals surface area (Å²) >= 11 is 0. The fourth-order valence-electron chi connectivity index (χ4n) is 2.81.